The molecule has 8 nitrogen and oxygen atoms in total. The molecule has 2 heterocycles. The predicted molar refractivity (Wildman–Crippen MR) is 78.1 cm³/mol. The number of ether oxygens (including phenoxy) is 2. The van der Waals surface area contributed by atoms with E-state index in [1.807, 2.05) is 0 Å². The first-order valence-corrected chi connectivity index (χ1v) is 6.99. The third-order valence-electron chi connectivity index (χ3n) is 2.78. The van der Waals surface area contributed by atoms with Gasteiger partial charge in [0.15, 0.2) is 0 Å². The predicted octanol–water partition coefficient (Wildman–Crippen LogP) is 2.64. The maximum atomic E-state index is 11.8. The van der Waals surface area contributed by atoms with Gasteiger partial charge in [0, 0.05) is 6.07 Å². The number of aromatic nitrogens is 1. The summed E-state index contributed by atoms with van der Waals surface area (Å²) in [5.41, 5.74) is -0.837. The second kappa shape index (κ2) is 5.96. The van der Waals surface area contributed by atoms with Crippen LogP contribution in [0.25, 0.3) is 0 Å². The van der Waals surface area contributed by atoms with E-state index in [2.05, 4.69) is 4.98 Å². The highest BCUT2D eigenvalue weighted by Gasteiger charge is 2.36. The molecule has 22 heavy (non-hydrogen) atoms. The molecule has 1 aromatic heterocycles. The second-order valence-electron chi connectivity index (χ2n) is 5.84. The number of rotatable bonds is 3. The third kappa shape index (κ3) is 3.97. The quantitative estimate of drug-likeness (QED) is 0.480. The van der Waals surface area contributed by atoms with Gasteiger partial charge in [0.05, 0.1) is 18.0 Å². The van der Waals surface area contributed by atoms with Gasteiger partial charge in [-0.1, -0.05) is 11.6 Å². The van der Waals surface area contributed by atoms with E-state index in [1.165, 1.54) is 17.0 Å². The zero-order valence-electron chi connectivity index (χ0n) is 12.4. The largest absolute Gasteiger partial charge is 0.466 e. The molecule has 0 atom stereocenters. The van der Waals surface area contributed by atoms with Crippen molar-refractivity contribution in [3.8, 4) is 5.88 Å². The van der Waals surface area contributed by atoms with E-state index in [0.717, 1.165) is 0 Å². The lowest BCUT2D eigenvalue weighted by Crippen LogP contribution is -2.57. The summed E-state index contributed by atoms with van der Waals surface area (Å²) >= 11 is 5.72. The molecule has 1 saturated heterocycles. The summed E-state index contributed by atoms with van der Waals surface area (Å²) in [7, 11) is 0. The average molecular weight is 330 g/mol. The van der Waals surface area contributed by atoms with Crippen LogP contribution in [0.15, 0.2) is 12.1 Å². The first-order chi connectivity index (χ1) is 10.2. The Balaban J connectivity index is 1.94. The van der Waals surface area contributed by atoms with Crippen molar-refractivity contribution in [2.75, 3.05) is 13.1 Å². The summed E-state index contributed by atoms with van der Waals surface area (Å²) in [5.74, 6) is -0.147. The lowest BCUT2D eigenvalue weighted by molar-refractivity contribution is -0.386. The molecule has 1 amide bonds. The van der Waals surface area contributed by atoms with E-state index in [1.54, 1.807) is 20.8 Å². The molecule has 1 fully saturated rings. The van der Waals surface area contributed by atoms with Crippen LogP contribution in [0.4, 0.5) is 10.5 Å². The number of carbonyl (C=O) groups excluding carboxylic acids is 1. The van der Waals surface area contributed by atoms with Gasteiger partial charge in [-0.25, -0.2) is 4.79 Å². The summed E-state index contributed by atoms with van der Waals surface area (Å²) in [6, 6.07) is 2.55. The van der Waals surface area contributed by atoms with E-state index < -0.39 is 16.6 Å². The van der Waals surface area contributed by atoms with Crippen LogP contribution >= 0.6 is 11.6 Å². The Kier molecular flexibility index (Phi) is 4.41. The zero-order valence-corrected chi connectivity index (χ0v) is 13.2. The highest BCUT2D eigenvalue weighted by molar-refractivity contribution is 6.29. The van der Waals surface area contributed by atoms with Crippen LogP contribution in [0, 0.1) is 10.1 Å². The number of halogens is 1. The van der Waals surface area contributed by atoms with Crippen LogP contribution in [0.3, 0.4) is 0 Å². The van der Waals surface area contributed by atoms with Gasteiger partial charge in [0.25, 0.3) is 5.88 Å². The third-order valence-corrected chi connectivity index (χ3v) is 2.99. The molecular weight excluding hydrogens is 314 g/mol. The number of nitro groups is 1. The van der Waals surface area contributed by atoms with Crippen molar-refractivity contribution in [1.82, 2.24) is 9.88 Å². The molecule has 1 aliphatic heterocycles. The second-order valence-corrected chi connectivity index (χ2v) is 6.23. The van der Waals surface area contributed by atoms with Crippen LogP contribution in [0.2, 0.25) is 5.15 Å². The fourth-order valence-electron chi connectivity index (χ4n) is 1.78. The lowest BCUT2D eigenvalue weighted by Gasteiger charge is -2.38. The molecule has 0 aromatic carbocycles. The van der Waals surface area contributed by atoms with Crippen LogP contribution in [0.5, 0.6) is 5.88 Å². The van der Waals surface area contributed by atoms with Gasteiger partial charge in [0.1, 0.15) is 16.9 Å². The molecule has 0 spiro atoms. The maximum Gasteiger partial charge on any atom is 0.410 e. The van der Waals surface area contributed by atoms with Crippen molar-refractivity contribution in [3.05, 3.63) is 27.4 Å². The minimum absolute atomic E-state index is 0.101. The van der Waals surface area contributed by atoms with Crippen molar-refractivity contribution in [2.24, 2.45) is 0 Å². The van der Waals surface area contributed by atoms with E-state index in [4.69, 9.17) is 21.1 Å². The van der Waals surface area contributed by atoms with E-state index in [0.29, 0.717) is 0 Å². The molecule has 0 bridgehead atoms. The molecular formula is C13H16ClN3O5. The minimum Gasteiger partial charge on any atom is -0.466 e. The molecule has 0 unspecified atom stereocenters. The Hall–Kier alpha value is -2.09. The Bertz CT molecular complexity index is 596. The molecule has 0 saturated carbocycles. The van der Waals surface area contributed by atoms with E-state index in [-0.39, 0.29) is 35.9 Å². The van der Waals surface area contributed by atoms with Crippen molar-refractivity contribution in [2.45, 2.75) is 32.5 Å². The Morgan fingerprint density at radius 2 is 2.09 bits per heavy atom. The molecule has 0 N–H and O–H groups in total. The van der Waals surface area contributed by atoms with Gasteiger partial charge in [-0.05, 0) is 26.8 Å². The van der Waals surface area contributed by atoms with Gasteiger partial charge < -0.3 is 14.4 Å². The van der Waals surface area contributed by atoms with Crippen LogP contribution in [0.1, 0.15) is 20.8 Å². The van der Waals surface area contributed by atoms with Gasteiger partial charge in [0.2, 0.25) is 0 Å². The van der Waals surface area contributed by atoms with Crippen molar-refractivity contribution in [3.63, 3.8) is 0 Å². The van der Waals surface area contributed by atoms with Gasteiger partial charge >= 0.3 is 11.8 Å². The Labute approximate surface area is 132 Å². The topological polar surface area (TPSA) is 94.8 Å². The maximum absolute atomic E-state index is 11.8. The molecule has 0 aliphatic carbocycles. The number of hydrogen-bond donors (Lipinski definition) is 0. The number of hydrogen-bond acceptors (Lipinski definition) is 6. The van der Waals surface area contributed by atoms with E-state index >= 15 is 0 Å². The molecule has 9 heteroatoms. The Morgan fingerprint density at radius 1 is 1.45 bits per heavy atom. The van der Waals surface area contributed by atoms with E-state index in [9.17, 15) is 14.9 Å². The lowest BCUT2D eigenvalue weighted by atomic mass is 10.1. The summed E-state index contributed by atoms with van der Waals surface area (Å²) < 4.78 is 10.7. The zero-order chi connectivity index (χ0) is 16.5. The summed E-state index contributed by atoms with van der Waals surface area (Å²) in [4.78, 5) is 27.3. The molecule has 2 rings (SSSR count). The number of likely N-dealkylation sites (tertiary alicyclic amines) is 1. The number of nitrogens with zero attached hydrogens (tertiary/aromatic N) is 3. The number of carbonyl (C=O) groups is 1. The molecule has 1 aromatic rings. The van der Waals surface area contributed by atoms with Gasteiger partial charge in [-0.2, -0.15) is 4.98 Å². The Morgan fingerprint density at radius 3 is 2.64 bits per heavy atom. The monoisotopic (exact) mass is 329 g/mol. The first kappa shape index (κ1) is 16.3. The normalized spacial score (nSPS) is 15.2. The summed E-state index contributed by atoms with van der Waals surface area (Å²) in [5, 5.41) is 11.0. The first-order valence-electron chi connectivity index (χ1n) is 6.61. The molecule has 1 aliphatic rings. The van der Waals surface area contributed by atoms with Crippen LogP contribution < -0.4 is 4.74 Å². The van der Waals surface area contributed by atoms with Gasteiger partial charge in [-0.3, -0.25) is 10.1 Å². The minimum atomic E-state index is -0.594. The SMILES string of the molecule is CC(C)(C)OC(=O)N1CC(Oc2nc(Cl)ccc2[N+](=O)[O-])C1. The number of amides is 1. The van der Waals surface area contributed by atoms with Gasteiger partial charge in [-0.15, -0.1) is 0 Å². The molecule has 120 valence electrons. The van der Waals surface area contributed by atoms with Crippen molar-refractivity contribution in [1.29, 1.82) is 0 Å². The van der Waals surface area contributed by atoms with Crippen LogP contribution in [-0.2, 0) is 4.74 Å². The van der Waals surface area contributed by atoms with Crippen molar-refractivity contribution < 1.29 is 19.2 Å². The summed E-state index contributed by atoms with van der Waals surface area (Å²) in [6.45, 7) is 5.88. The van der Waals surface area contributed by atoms with Crippen LogP contribution in [-0.4, -0.2) is 45.7 Å². The summed E-state index contributed by atoms with van der Waals surface area (Å²) in [6.07, 6.45) is -0.821. The number of pyridine rings is 1. The molecule has 0 radical (unpaired) electrons. The smallest absolute Gasteiger partial charge is 0.410 e. The fraction of sp³-hybridized carbons (Fsp3) is 0.538. The highest BCUT2D eigenvalue weighted by atomic mass is 35.5. The standard InChI is InChI=1S/C13H16ClN3O5/c1-13(2,3)22-12(18)16-6-8(7-16)21-11-9(17(19)20)4-5-10(14)15-11/h4-5,8H,6-7H2,1-3H3. The van der Waals surface area contributed by atoms with Crippen molar-refractivity contribution >= 4 is 23.4 Å². The highest BCUT2D eigenvalue weighted by Crippen LogP contribution is 2.29. The fourth-order valence-corrected chi connectivity index (χ4v) is 1.92. The average Bonchev–Trinajstić information content (AvgIpc) is 2.30.